The average molecular weight is 275 g/mol. The number of aliphatic hydroxyl groups is 1. The van der Waals surface area contributed by atoms with Gasteiger partial charge in [-0.2, -0.15) is 0 Å². The van der Waals surface area contributed by atoms with Gasteiger partial charge in [0.2, 0.25) is 5.91 Å². The van der Waals surface area contributed by atoms with E-state index in [-0.39, 0.29) is 5.91 Å². The van der Waals surface area contributed by atoms with Gasteiger partial charge in [0.15, 0.2) is 0 Å². The average Bonchev–Trinajstić information content (AvgIpc) is 3.24. The lowest BCUT2D eigenvalue weighted by Crippen LogP contribution is -2.40. The summed E-state index contributed by atoms with van der Waals surface area (Å²) in [6.45, 7) is 2.33. The van der Waals surface area contributed by atoms with E-state index in [1.165, 1.54) is 0 Å². The van der Waals surface area contributed by atoms with Crippen LogP contribution in [0.1, 0.15) is 24.8 Å². The highest BCUT2D eigenvalue weighted by molar-refractivity contribution is 5.78. The quantitative estimate of drug-likeness (QED) is 0.823. The van der Waals surface area contributed by atoms with Crippen molar-refractivity contribution in [2.45, 2.75) is 31.4 Å². The van der Waals surface area contributed by atoms with Crippen LogP contribution in [0.4, 0.5) is 0 Å². The fraction of sp³-hybridized carbons (Fsp3) is 0.600. The molecule has 1 aromatic heterocycles. The number of nitrogens with one attached hydrogen (secondary N) is 1. The molecule has 2 heterocycles. The maximum Gasteiger partial charge on any atom is 0.234 e. The number of nitrogens with zero attached hydrogens (tertiary/aromatic N) is 2. The Morgan fingerprint density at radius 3 is 3.10 bits per heavy atom. The second kappa shape index (κ2) is 5.50. The highest BCUT2D eigenvalue weighted by atomic mass is 16.3. The fourth-order valence-electron chi connectivity index (χ4n) is 2.95. The SMILES string of the molecule is O=C(CN1CCC(O)(C2CC2)C1)NCc1cccnc1. The highest BCUT2D eigenvalue weighted by Gasteiger charge is 2.47. The number of carbonyl (C=O) groups excluding carboxylic acids is 1. The first-order valence-electron chi connectivity index (χ1n) is 7.26. The van der Waals surface area contributed by atoms with Gasteiger partial charge in [0, 0.05) is 32.0 Å². The Hall–Kier alpha value is -1.46. The molecule has 20 heavy (non-hydrogen) atoms. The Balaban J connectivity index is 1.43. The van der Waals surface area contributed by atoms with E-state index in [2.05, 4.69) is 15.2 Å². The van der Waals surface area contributed by atoms with Crippen molar-refractivity contribution in [3.63, 3.8) is 0 Å². The molecule has 0 spiro atoms. The van der Waals surface area contributed by atoms with E-state index in [0.29, 0.717) is 25.6 Å². The van der Waals surface area contributed by atoms with Gasteiger partial charge in [-0.05, 0) is 36.8 Å². The minimum absolute atomic E-state index is 0.00824. The summed E-state index contributed by atoms with van der Waals surface area (Å²) in [5.74, 6) is 0.472. The van der Waals surface area contributed by atoms with Crippen LogP contribution in [0.5, 0.6) is 0 Å². The molecule has 1 amide bonds. The van der Waals surface area contributed by atoms with Crippen LogP contribution in [0.2, 0.25) is 0 Å². The molecule has 5 heteroatoms. The summed E-state index contributed by atoms with van der Waals surface area (Å²) < 4.78 is 0. The molecular formula is C15H21N3O2. The molecule has 1 aliphatic heterocycles. The number of amides is 1. The maximum atomic E-state index is 11.9. The zero-order valence-corrected chi connectivity index (χ0v) is 11.6. The fourth-order valence-corrected chi connectivity index (χ4v) is 2.95. The van der Waals surface area contributed by atoms with Crippen molar-refractivity contribution >= 4 is 5.91 Å². The van der Waals surface area contributed by atoms with Crippen LogP contribution in [0, 0.1) is 5.92 Å². The van der Waals surface area contributed by atoms with Gasteiger partial charge in [-0.3, -0.25) is 14.7 Å². The van der Waals surface area contributed by atoms with Crippen molar-refractivity contribution in [2.75, 3.05) is 19.6 Å². The van der Waals surface area contributed by atoms with E-state index < -0.39 is 5.60 Å². The molecule has 2 N–H and O–H groups in total. The number of aromatic nitrogens is 1. The lowest BCUT2D eigenvalue weighted by molar-refractivity contribution is -0.122. The second-order valence-corrected chi connectivity index (χ2v) is 5.98. The summed E-state index contributed by atoms with van der Waals surface area (Å²) in [5, 5.41) is 13.3. The molecule has 5 nitrogen and oxygen atoms in total. The Bertz CT molecular complexity index is 475. The molecule has 0 radical (unpaired) electrons. The van der Waals surface area contributed by atoms with E-state index in [0.717, 1.165) is 31.4 Å². The molecule has 1 saturated carbocycles. The number of carbonyl (C=O) groups is 1. The minimum Gasteiger partial charge on any atom is -0.388 e. The molecule has 2 fully saturated rings. The van der Waals surface area contributed by atoms with Gasteiger partial charge in [0.1, 0.15) is 0 Å². The number of hydrogen-bond acceptors (Lipinski definition) is 4. The standard InChI is InChI=1S/C15H21N3O2/c19-14(17-9-12-2-1-6-16-8-12)10-18-7-5-15(20,11-18)13-3-4-13/h1-2,6,8,13,20H,3-5,7,9-11H2,(H,17,19). The van der Waals surface area contributed by atoms with Crippen molar-refractivity contribution in [1.29, 1.82) is 0 Å². The van der Waals surface area contributed by atoms with Crippen molar-refractivity contribution < 1.29 is 9.90 Å². The van der Waals surface area contributed by atoms with Gasteiger partial charge in [-0.1, -0.05) is 6.07 Å². The summed E-state index contributed by atoms with van der Waals surface area (Å²) in [6, 6.07) is 3.80. The van der Waals surface area contributed by atoms with Crippen LogP contribution < -0.4 is 5.32 Å². The largest absolute Gasteiger partial charge is 0.388 e. The van der Waals surface area contributed by atoms with Gasteiger partial charge in [0.25, 0.3) is 0 Å². The molecule has 0 aromatic carbocycles. The smallest absolute Gasteiger partial charge is 0.234 e. The lowest BCUT2D eigenvalue weighted by Gasteiger charge is -2.22. The summed E-state index contributed by atoms with van der Waals surface area (Å²) >= 11 is 0. The van der Waals surface area contributed by atoms with Crippen LogP contribution in [0.15, 0.2) is 24.5 Å². The summed E-state index contributed by atoms with van der Waals surface area (Å²) in [7, 11) is 0. The topological polar surface area (TPSA) is 65.5 Å². The van der Waals surface area contributed by atoms with E-state index in [1.807, 2.05) is 12.1 Å². The maximum absolute atomic E-state index is 11.9. The Labute approximate surface area is 119 Å². The molecule has 2 aliphatic rings. The number of rotatable bonds is 5. The molecule has 108 valence electrons. The van der Waals surface area contributed by atoms with Gasteiger partial charge in [-0.15, -0.1) is 0 Å². The number of hydrogen-bond donors (Lipinski definition) is 2. The van der Waals surface area contributed by atoms with Crippen LogP contribution in [-0.2, 0) is 11.3 Å². The Morgan fingerprint density at radius 1 is 1.55 bits per heavy atom. The van der Waals surface area contributed by atoms with E-state index in [1.54, 1.807) is 12.4 Å². The third kappa shape index (κ3) is 3.16. The zero-order chi connectivity index (χ0) is 14.0. The van der Waals surface area contributed by atoms with E-state index in [4.69, 9.17) is 0 Å². The van der Waals surface area contributed by atoms with Crippen molar-refractivity contribution in [1.82, 2.24) is 15.2 Å². The normalized spacial score (nSPS) is 26.6. The van der Waals surface area contributed by atoms with Crippen LogP contribution in [0.25, 0.3) is 0 Å². The first-order valence-corrected chi connectivity index (χ1v) is 7.26. The first kappa shape index (κ1) is 13.5. The molecule has 1 atom stereocenters. The molecule has 1 aromatic rings. The number of likely N-dealkylation sites (tertiary alicyclic amines) is 1. The first-order chi connectivity index (χ1) is 9.66. The van der Waals surface area contributed by atoms with Crippen LogP contribution >= 0.6 is 0 Å². The Morgan fingerprint density at radius 2 is 2.40 bits per heavy atom. The van der Waals surface area contributed by atoms with E-state index in [9.17, 15) is 9.90 Å². The highest BCUT2D eigenvalue weighted by Crippen LogP contribution is 2.44. The summed E-state index contributed by atoms with van der Waals surface area (Å²) in [5.41, 5.74) is 0.459. The van der Waals surface area contributed by atoms with Gasteiger partial charge in [-0.25, -0.2) is 0 Å². The molecular weight excluding hydrogens is 254 g/mol. The minimum atomic E-state index is -0.538. The summed E-state index contributed by atoms with van der Waals surface area (Å²) in [6.07, 6.45) is 6.54. The number of β-amino-alcohol motifs (C(OH)–C–C–N with tert-alkyl or cyclic N) is 1. The van der Waals surface area contributed by atoms with Gasteiger partial charge < -0.3 is 10.4 Å². The van der Waals surface area contributed by atoms with Gasteiger partial charge in [0.05, 0.1) is 12.1 Å². The molecule has 3 rings (SSSR count). The summed E-state index contributed by atoms with van der Waals surface area (Å²) in [4.78, 5) is 18.0. The predicted molar refractivity (Wildman–Crippen MR) is 74.8 cm³/mol. The molecule has 1 aliphatic carbocycles. The molecule has 0 bridgehead atoms. The van der Waals surface area contributed by atoms with Crippen molar-refractivity contribution in [3.05, 3.63) is 30.1 Å². The van der Waals surface area contributed by atoms with Crippen LogP contribution in [-0.4, -0.2) is 46.1 Å². The van der Waals surface area contributed by atoms with E-state index >= 15 is 0 Å². The van der Waals surface area contributed by atoms with Crippen molar-refractivity contribution in [2.24, 2.45) is 5.92 Å². The Kier molecular flexibility index (Phi) is 3.72. The monoisotopic (exact) mass is 275 g/mol. The van der Waals surface area contributed by atoms with Crippen LogP contribution in [0.3, 0.4) is 0 Å². The lowest BCUT2D eigenvalue weighted by atomic mass is 9.97. The predicted octanol–water partition coefficient (Wildman–Crippen LogP) is 0.545. The molecule has 1 saturated heterocycles. The van der Waals surface area contributed by atoms with Crippen molar-refractivity contribution in [3.8, 4) is 0 Å². The number of pyridine rings is 1. The third-order valence-electron chi connectivity index (χ3n) is 4.28. The second-order valence-electron chi connectivity index (χ2n) is 5.98. The molecule has 1 unspecified atom stereocenters. The third-order valence-corrected chi connectivity index (χ3v) is 4.28. The zero-order valence-electron chi connectivity index (χ0n) is 11.6. The van der Waals surface area contributed by atoms with Gasteiger partial charge >= 0.3 is 0 Å².